The van der Waals surface area contributed by atoms with E-state index >= 15 is 0 Å². The highest BCUT2D eigenvalue weighted by molar-refractivity contribution is 6.08. The number of allylic oxidation sites excluding steroid dienone is 2. The number of amides is 1. The molecule has 0 fully saturated rings. The van der Waals surface area contributed by atoms with Crippen molar-refractivity contribution >= 4 is 29.6 Å². The van der Waals surface area contributed by atoms with E-state index in [1.54, 1.807) is 36.6 Å². The average Bonchev–Trinajstić information content (AvgIpc) is 3.46. The summed E-state index contributed by atoms with van der Waals surface area (Å²) in [5.41, 5.74) is 4.62. The maximum absolute atomic E-state index is 14.2. The first-order chi connectivity index (χ1) is 16.9. The van der Waals surface area contributed by atoms with Gasteiger partial charge in [-0.05, 0) is 82.8 Å². The number of benzene rings is 2. The molecule has 1 aliphatic rings. The molecular formula is C27H24FNO6. The number of furan rings is 1. The SMILES string of the molecule is COc1cc(C=C2C(C)=C(CC(=O)NCc3ccco3)c3cc(F)ccc32)cc(OC)c1OC=O. The number of rotatable bonds is 9. The molecule has 2 aromatic carbocycles. The zero-order valence-electron chi connectivity index (χ0n) is 19.5. The summed E-state index contributed by atoms with van der Waals surface area (Å²) < 4.78 is 35.2. The molecule has 0 bridgehead atoms. The Bertz CT molecular complexity index is 1300. The molecule has 1 aliphatic carbocycles. The van der Waals surface area contributed by atoms with E-state index in [4.69, 9.17) is 18.6 Å². The molecule has 3 aromatic rings. The molecule has 0 saturated carbocycles. The summed E-state index contributed by atoms with van der Waals surface area (Å²) in [6.45, 7) is 2.47. The van der Waals surface area contributed by atoms with Gasteiger partial charge >= 0.3 is 0 Å². The lowest BCUT2D eigenvalue weighted by Crippen LogP contribution is -2.22. The first-order valence-corrected chi connectivity index (χ1v) is 10.8. The first kappa shape index (κ1) is 23.8. The number of ether oxygens (including phenoxy) is 3. The van der Waals surface area contributed by atoms with Crippen LogP contribution in [0.4, 0.5) is 4.39 Å². The van der Waals surface area contributed by atoms with E-state index in [9.17, 15) is 14.0 Å². The van der Waals surface area contributed by atoms with Crippen molar-refractivity contribution in [1.29, 1.82) is 0 Å². The zero-order chi connectivity index (χ0) is 24.9. The van der Waals surface area contributed by atoms with Gasteiger partial charge in [0.2, 0.25) is 11.7 Å². The molecule has 4 rings (SSSR count). The number of carbonyl (C=O) groups is 2. The highest BCUT2D eigenvalue weighted by Crippen LogP contribution is 2.45. The largest absolute Gasteiger partial charge is 0.493 e. The standard InChI is InChI=1S/C27H24FNO6/c1-16-21(9-17-10-24(32-2)27(35-15-30)25(11-17)33-3)20-7-6-18(28)12-23(20)22(16)13-26(31)29-14-19-5-4-8-34-19/h4-12,15H,13-14H2,1-3H3,(H,29,31). The fraction of sp³-hybridized carbons (Fsp3) is 0.185. The highest BCUT2D eigenvalue weighted by Gasteiger charge is 2.26. The van der Waals surface area contributed by atoms with Crippen LogP contribution in [0.25, 0.3) is 17.2 Å². The predicted octanol–water partition coefficient (Wildman–Crippen LogP) is 5.01. The average molecular weight is 477 g/mol. The number of hydrogen-bond acceptors (Lipinski definition) is 6. The van der Waals surface area contributed by atoms with Crippen LogP contribution in [0.3, 0.4) is 0 Å². The van der Waals surface area contributed by atoms with Crippen LogP contribution in [0, 0.1) is 5.82 Å². The van der Waals surface area contributed by atoms with E-state index in [0.29, 0.717) is 34.9 Å². The van der Waals surface area contributed by atoms with Gasteiger partial charge in [-0.3, -0.25) is 9.59 Å². The summed E-state index contributed by atoms with van der Waals surface area (Å²) in [4.78, 5) is 23.6. The third-order valence-corrected chi connectivity index (χ3v) is 5.79. The maximum Gasteiger partial charge on any atom is 0.298 e. The van der Waals surface area contributed by atoms with Crippen molar-refractivity contribution in [2.45, 2.75) is 19.9 Å². The summed E-state index contributed by atoms with van der Waals surface area (Å²) >= 11 is 0. The Balaban J connectivity index is 1.71. The molecule has 35 heavy (non-hydrogen) atoms. The van der Waals surface area contributed by atoms with E-state index in [0.717, 1.165) is 22.3 Å². The lowest BCUT2D eigenvalue weighted by Gasteiger charge is -2.13. The van der Waals surface area contributed by atoms with Crippen molar-refractivity contribution in [3.05, 3.63) is 82.6 Å². The lowest BCUT2D eigenvalue weighted by atomic mass is 10.00. The van der Waals surface area contributed by atoms with Crippen LogP contribution < -0.4 is 19.5 Å². The van der Waals surface area contributed by atoms with Crippen LogP contribution in [-0.4, -0.2) is 26.6 Å². The summed E-state index contributed by atoms with van der Waals surface area (Å²) in [5.74, 6) is 0.866. The van der Waals surface area contributed by atoms with Gasteiger partial charge in [0.1, 0.15) is 11.6 Å². The number of nitrogens with one attached hydrogen (secondary N) is 1. The van der Waals surface area contributed by atoms with Crippen molar-refractivity contribution in [2.75, 3.05) is 14.2 Å². The van der Waals surface area contributed by atoms with Gasteiger partial charge in [-0.25, -0.2) is 4.39 Å². The first-order valence-electron chi connectivity index (χ1n) is 10.8. The Morgan fingerprint density at radius 2 is 1.83 bits per heavy atom. The Hall–Kier alpha value is -4.33. The molecule has 180 valence electrons. The molecule has 1 N–H and O–H groups in total. The van der Waals surface area contributed by atoms with Crippen LogP contribution in [0.1, 0.15) is 35.8 Å². The zero-order valence-corrected chi connectivity index (χ0v) is 19.5. The number of fused-ring (bicyclic) bond motifs is 1. The summed E-state index contributed by atoms with van der Waals surface area (Å²) in [7, 11) is 2.92. The van der Waals surface area contributed by atoms with Crippen molar-refractivity contribution in [3.63, 3.8) is 0 Å². The second-order valence-electron chi connectivity index (χ2n) is 7.85. The summed E-state index contributed by atoms with van der Waals surface area (Å²) in [5, 5.41) is 2.84. The third kappa shape index (κ3) is 4.96. The Morgan fingerprint density at radius 3 is 2.46 bits per heavy atom. The van der Waals surface area contributed by atoms with Gasteiger partial charge in [-0.15, -0.1) is 0 Å². The van der Waals surface area contributed by atoms with Gasteiger partial charge < -0.3 is 23.9 Å². The molecule has 8 heteroatoms. The van der Waals surface area contributed by atoms with Crippen molar-refractivity contribution in [2.24, 2.45) is 0 Å². The molecule has 0 atom stereocenters. The normalized spacial score (nSPS) is 13.5. The molecule has 0 radical (unpaired) electrons. The second kappa shape index (κ2) is 10.3. The van der Waals surface area contributed by atoms with E-state index in [2.05, 4.69) is 5.32 Å². The monoisotopic (exact) mass is 477 g/mol. The molecular weight excluding hydrogens is 453 g/mol. The van der Waals surface area contributed by atoms with Gasteiger partial charge in [-0.1, -0.05) is 6.07 Å². The van der Waals surface area contributed by atoms with Gasteiger partial charge in [-0.2, -0.15) is 0 Å². The van der Waals surface area contributed by atoms with Crippen molar-refractivity contribution in [1.82, 2.24) is 5.32 Å². The minimum Gasteiger partial charge on any atom is -0.493 e. The van der Waals surface area contributed by atoms with E-state index in [1.807, 2.05) is 13.0 Å². The molecule has 0 unspecified atom stereocenters. The fourth-order valence-electron chi connectivity index (χ4n) is 4.12. The fourth-order valence-corrected chi connectivity index (χ4v) is 4.12. The van der Waals surface area contributed by atoms with Crippen LogP contribution in [0.2, 0.25) is 0 Å². The van der Waals surface area contributed by atoms with E-state index in [-0.39, 0.29) is 30.4 Å². The molecule has 1 heterocycles. The van der Waals surface area contributed by atoms with E-state index in [1.165, 1.54) is 26.4 Å². The quantitative estimate of drug-likeness (QED) is 0.436. The molecule has 0 spiro atoms. The van der Waals surface area contributed by atoms with Crippen LogP contribution >= 0.6 is 0 Å². The van der Waals surface area contributed by atoms with E-state index < -0.39 is 0 Å². The Kier molecular flexibility index (Phi) is 7.01. The molecule has 7 nitrogen and oxygen atoms in total. The Labute approximate surface area is 201 Å². The topological polar surface area (TPSA) is 87.0 Å². The third-order valence-electron chi connectivity index (χ3n) is 5.79. The number of methoxy groups -OCH3 is 2. The van der Waals surface area contributed by atoms with Crippen molar-refractivity contribution in [3.8, 4) is 17.2 Å². The van der Waals surface area contributed by atoms with Gasteiger partial charge in [0.25, 0.3) is 6.47 Å². The van der Waals surface area contributed by atoms with Gasteiger partial charge in [0.05, 0.1) is 33.4 Å². The number of carbonyl (C=O) groups excluding carboxylic acids is 2. The predicted molar refractivity (Wildman–Crippen MR) is 128 cm³/mol. The van der Waals surface area contributed by atoms with Gasteiger partial charge in [0.15, 0.2) is 11.5 Å². The van der Waals surface area contributed by atoms with Crippen LogP contribution in [0.5, 0.6) is 17.2 Å². The molecule has 1 amide bonds. The van der Waals surface area contributed by atoms with Crippen LogP contribution in [0.15, 0.2) is 58.7 Å². The van der Waals surface area contributed by atoms with Gasteiger partial charge in [0, 0.05) is 0 Å². The Morgan fingerprint density at radius 1 is 1.09 bits per heavy atom. The highest BCUT2D eigenvalue weighted by atomic mass is 19.1. The number of halogens is 1. The summed E-state index contributed by atoms with van der Waals surface area (Å²) in [6, 6.07) is 11.5. The smallest absolute Gasteiger partial charge is 0.298 e. The lowest BCUT2D eigenvalue weighted by molar-refractivity contribution is -0.121. The molecule has 0 saturated heterocycles. The number of hydrogen-bond donors (Lipinski definition) is 1. The summed E-state index contributed by atoms with van der Waals surface area (Å²) in [6.07, 6.45) is 3.53. The van der Waals surface area contributed by atoms with Crippen LogP contribution in [-0.2, 0) is 16.1 Å². The molecule has 0 aliphatic heterocycles. The second-order valence-corrected chi connectivity index (χ2v) is 7.85. The minimum absolute atomic E-state index is 0.0824. The maximum atomic E-state index is 14.2. The van der Waals surface area contributed by atoms with Crippen molar-refractivity contribution < 1.29 is 32.6 Å². The molecule has 1 aromatic heterocycles. The minimum atomic E-state index is -0.384.